The molecule has 1 aliphatic heterocycles. The van der Waals surface area contributed by atoms with Gasteiger partial charge in [0.1, 0.15) is 0 Å². The van der Waals surface area contributed by atoms with Gasteiger partial charge in [-0.2, -0.15) is 0 Å². The summed E-state index contributed by atoms with van der Waals surface area (Å²) >= 11 is 0. The molecule has 0 atom stereocenters. The molecule has 76 valence electrons. The molecule has 0 radical (unpaired) electrons. The number of quaternary nitrogens is 1. The van der Waals surface area contributed by atoms with E-state index in [0.29, 0.717) is 0 Å². The van der Waals surface area contributed by atoms with E-state index in [1.165, 1.54) is 31.6 Å². The standard InChI is InChI=1S/C12H18NO/c1-13(9-5-6-10-13)11-7-3-4-8-12(11)14-2/h3-4,7-8H,5-6,9-10H2,1-2H3/q+1. The van der Waals surface area contributed by atoms with Crippen molar-refractivity contribution in [1.29, 1.82) is 0 Å². The van der Waals surface area contributed by atoms with E-state index in [1.54, 1.807) is 7.11 Å². The van der Waals surface area contributed by atoms with E-state index >= 15 is 0 Å². The minimum absolute atomic E-state index is 1.02. The number of methoxy groups -OCH3 is 1. The first kappa shape index (κ1) is 9.53. The molecule has 1 aromatic carbocycles. The Morgan fingerprint density at radius 1 is 1.14 bits per heavy atom. The molecule has 0 saturated carbocycles. The lowest BCUT2D eigenvalue weighted by molar-refractivity contribution is 0.363. The fraction of sp³-hybridized carbons (Fsp3) is 0.500. The van der Waals surface area contributed by atoms with Crippen molar-refractivity contribution in [2.45, 2.75) is 12.8 Å². The Kier molecular flexibility index (Phi) is 2.46. The summed E-state index contributed by atoms with van der Waals surface area (Å²) in [6.45, 7) is 2.47. The molecule has 1 heterocycles. The molecule has 1 saturated heterocycles. The van der Waals surface area contributed by atoms with Crippen LogP contribution in [-0.4, -0.2) is 27.2 Å². The second-order valence-electron chi connectivity index (χ2n) is 4.22. The highest BCUT2D eigenvalue weighted by Gasteiger charge is 2.31. The molecule has 1 fully saturated rings. The van der Waals surface area contributed by atoms with Crippen molar-refractivity contribution >= 4 is 5.69 Å². The maximum absolute atomic E-state index is 5.41. The normalized spacial score (nSPS) is 19.6. The fourth-order valence-electron chi connectivity index (χ4n) is 2.35. The smallest absolute Gasteiger partial charge is 0.179 e. The summed E-state index contributed by atoms with van der Waals surface area (Å²) in [7, 11) is 4.05. The average molecular weight is 192 g/mol. The van der Waals surface area contributed by atoms with E-state index in [0.717, 1.165) is 10.2 Å². The SMILES string of the molecule is COc1ccccc1[N+]1(C)CCCC1. The van der Waals surface area contributed by atoms with E-state index in [-0.39, 0.29) is 0 Å². The van der Waals surface area contributed by atoms with Crippen LogP contribution in [0.25, 0.3) is 0 Å². The average Bonchev–Trinajstić information content (AvgIpc) is 2.66. The Hall–Kier alpha value is -1.02. The Morgan fingerprint density at radius 3 is 2.43 bits per heavy atom. The Morgan fingerprint density at radius 2 is 1.79 bits per heavy atom. The highest BCUT2D eigenvalue weighted by molar-refractivity contribution is 5.55. The number of likely N-dealkylation sites (tertiary alicyclic amines) is 1. The summed E-state index contributed by atoms with van der Waals surface area (Å²) in [4.78, 5) is 0. The first-order chi connectivity index (χ1) is 6.76. The van der Waals surface area contributed by atoms with Crippen molar-refractivity contribution in [3.8, 4) is 5.75 Å². The van der Waals surface area contributed by atoms with Crippen LogP contribution in [0.15, 0.2) is 24.3 Å². The molecule has 0 N–H and O–H groups in total. The van der Waals surface area contributed by atoms with Gasteiger partial charge in [0, 0.05) is 18.9 Å². The van der Waals surface area contributed by atoms with Gasteiger partial charge in [-0.3, -0.25) is 4.48 Å². The van der Waals surface area contributed by atoms with Gasteiger partial charge in [0.15, 0.2) is 11.4 Å². The monoisotopic (exact) mass is 192 g/mol. The zero-order chi connectivity index (χ0) is 10.0. The van der Waals surface area contributed by atoms with Gasteiger partial charge in [0.05, 0.1) is 27.2 Å². The van der Waals surface area contributed by atoms with Gasteiger partial charge in [0.2, 0.25) is 0 Å². The third-order valence-corrected chi connectivity index (χ3v) is 3.22. The van der Waals surface area contributed by atoms with Gasteiger partial charge >= 0.3 is 0 Å². The number of hydrogen-bond donors (Lipinski definition) is 0. The Bertz CT molecular complexity index is 316. The predicted octanol–water partition coefficient (Wildman–Crippen LogP) is 2.43. The lowest BCUT2D eigenvalue weighted by atomic mass is 10.2. The van der Waals surface area contributed by atoms with Gasteiger partial charge in [0.25, 0.3) is 0 Å². The van der Waals surface area contributed by atoms with E-state index in [9.17, 15) is 0 Å². The molecule has 0 aliphatic carbocycles. The van der Waals surface area contributed by atoms with Crippen molar-refractivity contribution in [1.82, 2.24) is 4.48 Å². The second kappa shape index (κ2) is 3.62. The van der Waals surface area contributed by atoms with E-state index in [4.69, 9.17) is 4.74 Å². The zero-order valence-electron chi connectivity index (χ0n) is 8.99. The zero-order valence-corrected chi connectivity index (χ0v) is 8.99. The van der Waals surface area contributed by atoms with Crippen LogP contribution in [-0.2, 0) is 0 Å². The van der Waals surface area contributed by atoms with Crippen molar-refractivity contribution < 1.29 is 4.74 Å². The minimum atomic E-state index is 1.02. The maximum atomic E-state index is 5.41. The summed E-state index contributed by atoms with van der Waals surface area (Å²) in [6, 6.07) is 8.37. The fourth-order valence-corrected chi connectivity index (χ4v) is 2.35. The summed E-state index contributed by atoms with van der Waals surface area (Å²) in [5.41, 5.74) is 1.33. The number of para-hydroxylation sites is 2. The molecule has 1 aliphatic rings. The predicted molar refractivity (Wildman–Crippen MR) is 59.7 cm³/mol. The quantitative estimate of drug-likeness (QED) is 0.654. The van der Waals surface area contributed by atoms with E-state index in [2.05, 4.69) is 25.2 Å². The van der Waals surface area contributed by atoms with Crippen molar-refractivity contribution in [3.05, 3.63) is 24.3 Å². The molecule has 2 rings (SSSR count). The van der Waals surface area contributed by atoms with Gasteiger partial charge in [-0.05, 0) is 6.07 Å². The van der Waals surface area contributed by atoms with Gasteiger partial charge in [-0.25, -0.2) is 0 Å². The van der Waals surface area contributed by atoms with E-state index in [1.807, 2.05) is 6.07 Å². The Balaban J connectivity index is 2.39. The Labute approximate surface area is 85.7 Å². The molecular formula is C12H18NO+. The highest BCUT2D eigenvalue weighted by atomic mass is 16.5. The highest BCUT2D eigenvalue weighted by Crippen LogP contribution is 2.35. The third-order valence-electron chi connectivity index (χ3n) is 3.22. The second-order valence-corrected chi connectivity index (χ2v) is 4.22. The lowest BCUT2D eigenvalue weighted by Gasteiger charge is -2.29. The summed E-state index contributed by atoms with van der Waals surface area (Å²) in [5.74, 6) is 1.02. The van der Waals surface area contributed by atoms with Crippen LogP contribution < -0.4 is 9.22 Å². The molecular weight excluding hydrogens is 174 g/mol. The van der Waals surface area contributed by atoms with Crippen LogP contribution in [0, 0.1) is 0 Å². The lowest BCUT2D eigenvalue weighted by Crippen LogP contribution is -2.41. The molecule has 0 unspecified atom stereocenters. The van der Waals surface area contributed by atoms with E-state index < -0.39 is 0 Å². The number of rotatable bonds is 2. The van der Waals surface area contributed by atoms with Crippen LogP contribution in [0.1, 0.15) is 12.8 Å². The third kappa shape index (κ3) is 1.50. The molecule has 14 heavy (non-hydrogen) atoms. The van der Waals surface area contributed by atoms with Crippen LogP contribution in [0.5, 0.6) is 5.75 Å². The summed E-state index contributed by atoms with van der Waals surface area (Å²) < 4.78 is 6.44. The molecule has 0 bridgehead atoms. The minimum Gasteiger partial charge on any atom is -0.491 e. The largest absolute Gasteiger partial charge is 0.491 e. The molecule has 0 aromatic heterocycles. The van der Waals surface area contributed by atoms with Crippen LogP contribution in [0.2, 0.25) is 0 Å². The topological polar surface area (TPSA) is 9.23 Å². The summed E-state index contributed by atoms with van der Waals surface area (Å²) in [5, 5.41) is 0. The van der Waals surface area contributed by atoms with Gasteiger partial charge < -0.3 is 4.74 Å². The molecule has 0 amide bonds. The molecule has 2 heteroatoms. The first-order valence-corrected chi connectivity index (χ1v) is 5.24. The number of benzene rings is 1. The van der Waals surface area contributed by atoms with Crippen molar-refractivity contribution in [2.24, 2.45) is 0 Å². The van der Waals surface area contributed by atoms with Gasteiger partial charge in [-0.15, -0.1) is 0 Å². The van der Waals surface area contributed by atoms with Gasteiger partial charge in [-0.1, -0.05) is 12.1 Å². The van der Waals surface area contributed by atoms with Crippen molar-refractivity contribution in [2.75, 3.05) is 27.2 Å². The van der Waals surface area contributed by atoms with Crippen LogP contribution in [0.4, 0.5) is 5.69 Å². The molecule has 2 nitrogen and oxygen atoms in total. The van der Waals surface area contributed by atoms with Crippen LogP contribution in [0.3, 0.4) is 0 Å². The number of nitrogens with zero attached hydrogens (tertiary/aromatic N) is 1. The number of ether oxygens (including phenoxy) is 1. The summed E-state index contributed by atoms with van der Waals surface area (Å²) in [6.07, 6.45) is 2.66. The number of hydrogen-bond acceptors (Lipinski definition) is 1. The van der Waals surface area contributed by atoms with Crippen molar-refractivity contribution in [3.63, 3.8) is 0 Å². The molecule has 0 spiro atoms. The molecule has 1 aromatic rings. The maximum Gasteiger partial charge on any atom is 0.179 e. The first-order valence-electron chi connectivity index (χ1n) is 5.24. The van der Waals surface area contributed by atoms with Crippen LogP contribution >= 0.6 is 0 Å².